The molecule has 3 rings (SSSR count). The van der Waals surface area contributed by atoms with Crippen molar-refractivity contribution in [1.82, 2.24) is 0 Å². The van der Waals surface area contributed by atoms with Gasteiger partial charge in [-0.3, -0.25) is 9.59 Å². The molecular formula is C22H27BF2O8. The van der Waals surface area contributed by atoms with Crippen LogP contribution in [0.1, 0.15) is 54.9 Å². The molecule has 0 radical (unpaired) electrons. The van der Waals surface area contributed by atoms with Crippen LogP contribution in [0.25, 0.3) is 0 Å². The third-order valence-corrected chi connectivity index (χ3v) is 5.64. The van der Waals surface area contributed by atoms with Crippen molar-refractivity contribution in [1.29, 1.82) is 0 Å². The quantitative estimate of drug-likeness (QED) is 0.335. The number of alkyl halides is 2. The first-order valence-electron chi connectivity index (χ1n) is 10.9. The predicted octanol–water partition coefficient (Wildman–Crippen LogP) is 2.95. The smallest absolute Gasteiger partial charge is 0.526 e. The summed E-state index contributed by atoms with van der Waals surface area (Å²) in [6.45, 7) is 1.32. The Morgan fingerprint density at radius 1 is 1.18 bits per heavy atom. The topological polar surface area (TPSA) is 108 Å². The number of carbonyl (C=O) groups is 3. The second kappa shape index (κ2) is 11.1. The van der Waals surface area contributed by atoms with Crippen molar-refractivity contribution < 1.29 is 47.1 Å². The molecule has 1 N–H and O–H groups in total. The summed E-state index contributed by atoms with van der Waals surface area (Å²) in [5, 5.41) is 10.3. The predicted molar refractivity (Wildman–Crippen MR) is 112 cm³/mol. The van der Waals surface area contributed by atoms with Gasteiger partial charge < -0.3 is 23.9 Å². The third-order valence-electron chi connectivity index (χ3n) is 5.64. The van der Waals surface area contributed by atoms with Gasteiger partial charge in [-0.25, -0.2) is 13.6 Å². The number of ketones is 1. The van der Waals surface area contributed by atoms with Crippen molar-refractivity contribution in [3.63, 3.8) is 0 Å². The van der Waals surface area contributed by atoms with E-state index < -0.39 is 49.8 Å². The molecule has 2 heterocycles. The zero-order chi connectivity index (χ0) is 24.0. The number of rotatable bonds is 9. The largest absolute Gasteiger partial charge is 0.535 e. The highest BCUT2D eigenvalue weighted by molar-refractivity contribution is 6.47. The number of halogens is 2. The van der Waals surface area contributed by atoms with E-state index in [1.807, 2.05) is 0 Å². The number of carbonyl (C=O) groups excluding carboxylic acids is 3. The lowest BCUT2D eigenvalue weighted by molar-refractivity contribution is -0.154. The van der Waals surface area contributed by atoms with Gasteiger partial charge in [0.15, 0.2) is 0 Å². The zero-order valence-electron chi connectivity index (χ0n) is 18.4. The second-order valence-electron chi connectivity index (χ2n) is 8.58. The first-order valence-corrected chi connectivity index (χ1v) is 10.9. The van der Waals surface area contributed by atoms with Crippen LogP contribution >= 0.6 is 0 Å². The van der Waals surface area contributed by atoms with Gasteiger partial charge in [-0.2, -0.15) is 0 Å². The minimum atomic E-state index is -3.12. The number of benzene rings is 1. The third kappa shape index (κ3) is 7.50. The number of para-hydroxylation sites is 1. The van der Waals surface area contributed by atoms with Crippen molar-refractivity contribution >= 4 is 24.8 Å². The molecule has 180 valence electrons. The highest BCUT2D eigenvalue weighted by Gasteiger charge is 2.39. The molecular weight excluding hydrogens is 441 g/mol. The van der Waals surface area contributed by atoms with Crippen LogP contribution < -0.4 is 4.65 Å². The van der Waals surface area contributed by atoms with Crippen LogP contribution in [0.5, 0.6) is 5.75 Å². The van der Waals surface area contributed by atoms with Gasteiger partial charge in [-0.1, -0.05) is 12.1 Å². The Labute approximate surface area is 190 Å². The van der Waals surface area contributed by atoms with E-state index in [0.717, 1.165) is 12.8 Å². The summed E-state index contributed by atoms with van der Waals surface area (Å²) in [5.74, 6) is -5.53. The fraction of sp³-hybridized carbons (Fsp3) is 0.591. The average molecular weight is 468 g/mol. The lowest BCUT2D eigenvalue weighted by Crippen LogP contribution is -2.36. The highest BCUT2D eigenvalue weighted by Crippen LogP contribution is 2.37. The molecule has 2 aliphatic rings. The molecule has 0 saturated carbocycles. The second-order valence-corrected chi connectivity index (χ2v) is 8.58. The zero-order valence-corrected chi connectivity index (χ0v) is 18.4. The Balaban J connectivity index is 1.54. The van der Waals surface area contributed by atoms with E-state index in [2.05, 4.69) is 0 Å². The molecule has 1 saturated heterocycles. The van der Waals surface area contributed by atoms with Gasteiger partial charge in [0.1, 0.15) is 17.1 Å². The number of hydrogen-bond acceptors (Lipinski definition) is 8. The molecule has 33 heavy (non-hydrogen) atoms. The Morgan fingerprint density at radius 3 is 2.61 bits per heavy atom. The van der Waals surface area contributed by atoms with Gasteiger partial charge in [0, 0.05) is 31.9 Å². The van der Waals surface area contributed by atoms with Gasteiger partial charge in [0.2, 0.25) is 6.79 Å². The van der Waals surface area contributed by atoms with Crippen molar-refractivity contribution in [2.75, 3.05) is 20.0 Å². The number of esters is 2. The van der Waals surface area contributed by atoms with Crippen LogP contribution in [-0.4, -0.2) is 55.8 Å². The van der Waals surface area contributed by atoms with Gasteiger partial charge in [0.05, 0.1) is 6.42 Å². The summed E-state index contributed by atoms with van der Waals surface area (Å²) in [4.78, 5) is 36.3. The normalized spacial score (nSPS) is 18.8. The molecule has 11 heteroatoms. The average Bonchev–Trinajstić information content (AvgIpc) is 2.73. The van der Waals surface area contributed by atoms with Crippen LogP contribution in [0.15, 0.2) is 18.2 Å². The molecule has 2 aliphatic heterocycles. The standard InChI is InChI=1S/C22H27BF2O8/c1-22(24,25)12-17(26)11-16-10-15-3-2-4-18(20(15)33-23(16)29)21(28)32-13-31-19(27)9-14-5-7-30-8-6-14/h2-4,14,16,29H,5-13H2,1H3/t16-/m1/s1. The molecule has 1 aromatic rings. The number of hydrogen-bond donors (Lipinski definition) is 1. The van der Waals surface area contributed by atoms with Gasteiger partial charge in [-0.05, 0) is 43.7 Å². The highest BCUT2D eigenvalue weighted by atomic mass is 19.3. The summed E-state index contributed by atoms with van der Waals surface area (Å²) in [7, 11) is -1.45. The van der Waals surface area contributed by atoms with E-state index in [1.165, 1.54) is 6.07 Å². The molecule has 1 fully saturated rings. The van der Waals surface area contributed by atoms with Crippen LogP contribution in [0.2, 0.25) is 5.82 Å². The van der Waals surface area contributed by atoms with Gasteiger partial charge >= 0.3 is 19.1 Å². The SMILES string of the molecule is CC(F)(F)CC(=O)C[C@H]1Cc2cccc(C(=O)OCOC(=O)CC3CCOCC3)c2OB1O. The summed E-state index contributed by atoms with van der Waals surface area (Å²) in [5.41, 5.74) is 0.559. The van der Waals surface area contributed by atoms with E-state index in [1.54, 1.807) is 12.1 Å². The lowest BCUT2D eigenvalue weighted by Gasteiger charge is -2.28. The summed E-state index contributed by atoms with van der Waals surface area (Å²) in [6.07, 6.45) is 0.751. The molecule has 0 aliphatic carbocycles. The maximum atomic E-state index is 13.1. The van der Waals surface area contributed by atoms with Crippen LogP contribution in [-0.2, 0) is 30.2 Å². The molecule has 0 aromatic heterocycles. The van der Waals surface area contributed by atoms with E-state index in [9.17, 15) is 28.2 Å². The van der Waals surface area contributed by atoms with E-state index in [-0.39, 0.29) is 36.5 Å². The van der Waals surface area contributed by atoms with E-state index in [0.29, 0.717) is 25.7 Å². The Morgan fingerprint density at radius 2 is 1.91 bits per heavy atom. The van der Waals surface area contributed by atoms with Crippen molar-refractivity contribution in [3.8, 4) is 5.75 Å². The summed E-state index contributed by atoms with van der Waals surface area (Å²) >= 11 is 0. The molecule has 8 nitrogen and oxygen atoms in total. The Hall–Kier alpha value is -2.53. The van der Waals surface area contributed by atoms with Crippen molar-refractivity contribution in [3.05, 3.63) is 29.3 Å². The van der Waals surface area contributed by atoms with E-state index in [4.69, 9.17) is 18.9 Å². The number of Topliss-reactive ketones (excluding diaryl/α,β-unsaturated/α-hetero) is 1. The van der Waals surface area contributed by atoms with Crippen LogP contribution in [0.3, 0.4) is 0 Å². The van der Waals surface area contributed by atoms with Gasteiger partial charge in [-0.15, -0.1) is 0 Å². The molecule has 0 bridgehead atoms. The van der Waals surface area contributed by atoms with Crippen molar-refractivity contribution in [2.45, 2.75) is 57.2 Å². The monoisotopic (exact) mass is 468 g/mol. The Kier molecular flexibility index (Phi) is 8.42. The number of fused-ring (bicyclic) bond motifs is 1. The number of ether oxygens (including phenoxy) is 3. The molecule has 1 atom stereocenters. The fourth-order valence-corrected chi connectivity index (χ4v) is 4.00. The fourth-order valence-electron chi connectivity index (χ4n) is 4.00. The van der Waals surface area contributed by atoms with Crippen molar-refractivity contribution in [2.24, 2.45) is 5.92 Å². The summed E-state index contributed by atoms with van der Waals surface area (Å²) in [6, 6.07) is 4.66. The first kappa shape index (κ1) is 25.1. The molecule has 1 aromatic carbocycles. The summed E-state index contributed by atoms with van der Waals surface area (Å²) < 4.78 is 46.9. The van der Waals surface area contributed by atoms with E-state index >= 15 is 0 Å². The minimum absolute atomic E-state index is 0.0249. The van der Waals surface area contributed by atoms with Crippen LogP contribution in [0, 0.1) is 5.92 Å². The molecule has 0 spiro atoms. The lowest BCUT2D eigenvalue weighted by atomic mass is 9.64. The Bertz CT molecular complexity index is 866. The molecule has 0 amide bonds. The van der Waals surface area contributed by atoms with Crippen LogP contribution in [0.4, 0.5) is 8.78 Å². The maximum Gasteiger partial charge on any atom is 0.526 e. The molecule has 0 unspecified atom stereocenters. The first-order chi connectivity index (χ1) is 15.6. The maximum absolute atomic E-state index is 13.1. The van der Waals surface area contributed by atoms with Gasteiger partial charge in [0.25, 0.3) is 5.92 Å². The minimum Gasteiger partial charge on any atom is -0.535 e.